The summed E-state index contributed by atoms with van der Waals surface area (Å²) in [5.41, 5.74) is 0. The van der Waals surface area contributed by atoms with Gasteiger partial charge in [-0.2, -0.15) is 0 Å². The standard InChI is InChI=1S/C13H33NO2Si3/c1-17(2,3)14(18(4,5)6)12-10-11-13(15)16-19(7,8)9/h10-12H2,1-9H3. The fourth-order valence-electron chi connectivity index (χ4n) is 2.45. The van der Waals surface area contributed by atoms with Gasteiger partial charge in [0.1, 0.15) is 16.5 Å². The molecule has 0 rings (SSSR count). The Morgan fingerprint density at radius 1 is 0.895 bits per heavy atom. The van der Waals surface area contributed by atoms with Gasteiger partial charge in [-0.25, -0.2) is 0 Å². The summed E-state index contributed by atoms with van der Waals surface area (Å²) in [5.74, 6) is -0.00901. The van der Waals surface area contributed by atoms with Crippen molar-refractivity contribution in [1.29, 1.82) is 0 Å². The van der Waals surface area contributed by atoms with E-state index in [1.807, 2.05) is 0 Å². The second kappa shape index (κ2) is 6.69. The van der Waals surface area contributed by atoms with Crippen LogP contribution in [0.5, 0.6) is 0 Å². The molecule has 0 aliphatic rings. The molecule has 0 saturated carbocycles. The summed E-state index contributed by atoms with van der Waals surface area (Å²) in [7, 11) is -4.30. The first-order valence-electron chi connectivity index (χ1n) is 7.23. The van der Waals surface area contributed by atoms with Gasteiger partial charge in [-0.3, -0.25) is 4.79 Å². The largest absolute Gasteiger partial charge is 0.520 e. The molecule has 0 spiro atoms. The number of carbonyl (C=O) groups excluding carboxylic acids is 1. The lowest BCUT2D eigenvalue weighted by molar-refractivity contribution is -0.135. The van der Waals surface area contributed by atoms with E-state index in [1.165, 1.54) is 0 Å². The number of hydrogen-bond donors (Lipinski definition) is 0. The molecule has 3 nitrogen and oxygen atoms in total. The molecule has 0 bridgehead atoms. The molecule has 0 N–H and O–H groups in total. The van der Waals surface area contributed by atoms with E-state index in [9.17, 15) is 4.79 Å². The zero-order valence-corrected chi connectivity index (χ0v) is 17.4. The molecule has 0 amide bonds. The monoisotopic (exact) mass is 319 g/mol. The third-order valence-electron chi connectivity index (χ3n) is 2.80. The van der Waals surface area contributed by atoms with Crippen LogP contribution in [0.4, 0.5) is 0 Å². The minimum absolute atomic E-state index is 0.00901. The molecular weight excluding hydrogens is 286 g/mol. The molecule has 19 heavy (non-hydrogen) atoms. The SMILES string of the molecule is C[Si](C)(C)OC(=O)CCCN([Si](C)(C)C)[Si](C)(C)C. The van der Waals surface area contributed by atoms with E-state index >= 15 is 0 Å². The highest BCUT2D eigenvalue weighted by Crippen LogP contribution is 2.20. The molecule has 0 radical (unpaired) electrons. The molecule has 0 fully saturated rings. The Balaban J connectivity index is 4.34. The number of carbonyl (C=O) groups is 1. The molecule has 0 aromatic carbocycles. The lowest BCUT2D eigenvalue weighted by Crippen LogP contribution is -2.59. The predicted molar refractivity (Wildman–Crippen MR) is 92.1 cm³/mol. The average molecular weight is 320 g/mol. The van der Waals surface area contributed by atoms with Crippen LogP contribution in [0.3, 0.4) is 0 Å². The number of hydrogen-bond acceptors (Lipinski definition) is 3. The van der Waals surface area contributed by atoms with E-state index in [1.54, 1.807) is 0 Å². The minimum atomic E-state index is -1.72. The maximum atomic E-state index is 11.8. The third kappa shape index (κ3) is 8.78. The van der Waals surface area contributed by atoms with Crippen molar-refractivity contribution >= 4 is 30.8 Å². The Bertz CT molecular complexity index is 286. The van der Waals surface area contributed by atoms with Crippen LogP contribution in [0.15, 0.2) is 0 Å². The highest BCUT2D eigenvalue weighted by atomic mass is 28.4. The lowest BCUT2D eigenvalue weighted by atomic mass is 10.3. The summed E-state index contributed by atoms with van der Waals surface area (Å²) in [4.78, 5) is 11.8. The van der Waals surface area contributed by atoms with Crippen molar-refractivity contribution in [1.82, 2.24) is 4.23 Å². The van der Waals surface area contributed by atoms with Gasteiger partial charge in [0.15, 0.2) is 0 Å². The van der Waals surface area contributed by atoms with Gasteiger partial charge >= 0.3 is 0 Å². The lowest BCUT2D eigenvalue weighted by Gasteiger charge is -2.43. The Labute approximate surface area is 123 Å². The highest BCUT2D eigenvalue weighted by Gasteiger charge is 2.33. The molecular formula is C13H33NO2Si3. The quantitative estimate of drug-likeness (QED) is 0.661. The van der Waals surface area contributed by atoms with Gasteiger partial charge in [0.05, 0.1) is 0 Å². The summed E-state index contributed by atoms with van der Waals surface area (Å²) in [6.45, 7) is 21.6. The van der Waals surface area contributed by atoms with Gasteiger partial charge in [0.2, 0.25) is 8.32 Å². The molecule has 114 valence electrons. The van der Waals surface area contributed by atoms with Crippen LogP contribution in [0.1, 0.15) is 12.8 Å². The van der Waals surface area contributed by atoms with E-state index in [2.05, 4.69) is 63.2 Å². The smallest absolute Gasteiger partial charge is 0.292 e. The van der Waals surface area contributed by atoms with Crippen molar-refractivity contribution < 1.29 is 9.22 Å². The van der Waals surface area contributed by atoms with E-state index in [0.717, 1.165) is 13.0 Å². The summed E-state index contributed by atoms with van der Waals surface area (Å²) >= 11 is 0. The topological polar surface area (TPSA) is 29.5 Å². The number of nitrogens with zero attached hydrogens (tertiary/aromatic N) is 1. The third-order valence-corrected chi connectivity index (χ3v) is 11.4. The van der Waals surface area contributed by atoms with Crippen LogP contribution < -0.4 is 0 Å². The number of rotatable bonds is 7. The van der Waals surface area contributed by atoms with Crippen molar-refractivity contribution in [3.05, 3.63) is 0 Å². The molecule has 0 saturated heterocycles. The van der Waals surface area contributed by atoms with Crippen LogP contribution in [-0.2, 0) is 9.22 Å². The van der Waals surface area contributed by atoms with Crippen molar-refractivity contribution in [2.75, 3.05) is 6.54 Å². The van der Waals surface area contributed by atoms with E-state index in [-0.39, 0.29) is 5.97 Å². The average Bonchev–Trinajstić information content (AvgIpc) is 2.04. The fraction of sp³-hybridized carbons (Fsp3) is 0.923. The van der Waals surface area contributed by atoms with Gasteiger partial charge in [-0.15, -0.1) is 0 Å². The Hall–Kier alpha value is 0.0806. The molecule has 0 unspecified atom stereocenters. The molecule has 0 atom stereocenters. The van der Waals surface area contributed by atoms with Gasteiger partial charge in [0, 0.05) is 6.42 Å². The van der Waals surface area contributed by atoms with Crippen LogP contribution in [-0.4, -0.2) is 41.5 Å². The molecule has 0 aliphatic carbocycles. The van der Waals surface area contributed by atoms with Crippen molar-refractivity contribution in [3.63, 3.8) is 0 Å². The Kier molecular flexibility index (Phi) is 6.72. The molecule has 0 aromatic rings. The predicted octanol–water partition coefficient (Wildman–Crippen LogP) is 4.12. The summed E-state index contributed by atoms with van der Waals surface area (Å²) in [6.07, 6.45) is 1.49. The van der Waals surface area contributed by atoms with Gasteiger partial charge in [0.25, 0.3) is 5.97 Å². The normalized spacial score (nSPS) is 13.8. The van der Waals surface area contributed by atoms with E-state index < -0.39 is 24.8 Å². The Morgan fingerprint density at radius 2 is 1.32 bits per heavy atom. The molecule has 0 aromatic heterocycles. The van der Waals surface area contributed by atoms with Gasteiger partial charge in [-0.1, -0.05) is 39.3 Å². The maximum absolute atomic E-state index is 11.8. The summed E-state index contributed by atoms with van der Waals surface area (Å²) in [5, 5.41) is 0. The fourth-order valence-corrected chi connectivity index (χ4v) is 12.9. The van der Waals surface area contributed by atoms with Crippen molar-refractivity contribution in [3.8, 4) is 0 Å². The van der Waals surface area contributed by atoms with Crippen LogP contribution in [0.25, 0.3) is 0 Å². The van der Waals surface area contributed by atoms with Crippen LogP contribution in [0.2, 0.25) is 58.9 Å². The first-order valence-corrected chi connectivity index (χ1v) is 17.5. The van der Waals surface area contributed by atoms with Gasteiger partial charge in [-0.05, 0) is 32.6 Å². The molecule has 0 heterocycles. The van der Waals surface area contributed by atoms with E-state index in [0.29, 0.717) is 6.42 Å². The molecule has 0 aliphatic heterocycles. The van der Waals surface area contributed by atoms with Crippen LogP contribution >= 0.6 is 0 Å². The minimum Gasteiger partial charge on any atom is -0.520 e. The molecule has 6 heteroatoms. The first kappa shape index (κ1) is 19.1. The summed E-state index contributed by atoms with van der Waals surface area (Å²) < 4.78 is 8.22. The highest BCUT2D eigenvalue weighted by molar-refractivity contribution is 6.89. The van der Waals surface area contributed by atoms with Gasteiger partial charge < -0.3 is 8.66 Å². The summed E-state index contributed by atoms with van der Waals surface area (Å²) in [6, 6.07) is 0. The Morgan fingerprint density at radius 3 is 1.63 bits per heavy atom. The van der Waals surface area contributed by atoms with Crippen LogP contribution in [0, 0.1) is 0 Å². The zero-order valence-electron chi connectivity index (χ0n) is 14.4. The van der Waals surface area contributed by atoms with E-state index in [4.69, 9.17) is 4.43 Å². The second-order valence-electron chi connectivity index (χ2n) is 8.18. The second-order valence-corrected chi connectivity index (χ2v) is 22.8. The maximum Gasteiger partial charge on any atom is 0.292 e. The first-order chi connectivity index (χ1) is 8.23. The van der Waals surface area contributed by atoms with Crippen molar-refractivity contribution in [2.45, 2.75) is 71.8 Å². The zero-order chi connectivity index (χ0) is 15.5. The van der Waals surface area contributed by atoms with Crippen molar-refractivity contribution in [2.24, 2.45) is 0 Å².